The monoisotopic (exact) mass is 202 g/mol. The third kappa shape index (κ3) is 4.46. The molecule has 0 saturated carbocycles. The Morgan fingerprint density at radius 2 is 2.29 bits per heavy atom. The number of hydrogen-bond acceptors (Lipinski definition) is 4. The molecule has 0 aromatic rings. The molecule has 0 heterocycles. The van der Waals surface area contributed by atoms with Crippen molar-refractivity contribution in [2.45, 2.75) is 0 Å². The highest BCUT2D eigenvalue weighted by Gasteiger charge is 2.09. The molecule has 0 aliphatic carbocycles. The topological polar surface area (TPSA) is 78.9 Å². The van der Waals surface area contributed by atoms with E-state index in [1.807, 2.05) is 0 Å². The molecule has 14 heavy (non-hydrogen) atoms. The van der Waals surface area contributed by atoms with Crippen LogP contribution < -0.4 is 5.32 Å². The first-order valence-corrected chi connectivity index (χ1v) is 4.02. The number of aliphatic hydroxyl groups is 1. The molecule has 0 rings (SSSR count). The standard InChI is InChI=1S/C8H14N2O4/c1-3-7(12)14-5-4-10(6-11)8(13)9-2/h3,11H,1,4-6H2,2H3,(H,9,13). The van der Waals surface area contributed by atoms with E-state index in [4.69, 9.17) is 5.11 Å². The minimum atomic E-state index is -0.556. The summed E-state index contributed by atoms with van der Waals surface area (Å²) in [6.07, 6.45) is 1.03. The van der Waals surface area contributed by atoms with Crippen molar-refractivity contribution < 1.29 is 19.4 Å². The first-order valence-electron chi connectivity index (χ1n) is 4.02. The zero-order valence-corrected chi connectivity index (χ0v) is 8.02. The summed E-state index contributed by atoms with van der Waals surface area (Å²) in [7, 11) is 1.45. The molecule has 0 atom stereocenters. The second-order valence-electron chi connectivity index (χ2n) is 2.33. The minimum Gasteiger partial charge on any atom is -0.461 e. The van der Waals surface area contributed by atoms with Gasteiger partial charge in [-0.15, -0.1) is 0 Å². The first-order chi connectivity index (χ1) is 6.65. The number of urea groups is 1. The zero-order chi connectivity index (χ0) is 11.0. The third-order valence-electron chi connectivity index (χ3n) is 1.44. The number of rotatable bonds is 5. The van der Waals surface area contributed by atoms with Crippen LogP contribution in [0.15, 0.2) is 12.7 Å². The van der Waals surface area contributed by atoms with E-state index in [1.165, 1.54) is 7.05 Å². The van der Waals surface area contributed by atoms with E-state index >= 15 is 0 Å². The third-order valence-corrected chi connectivity index (χ3v) is 1.44. The van der Waals surface area contributed by atoms with E-state index in [9.17, 15) is 9.59 Å². The molecule has 0 aromatic carbocycles. The summed E-state index contributed by atoms with van der Waals surface area (Å²) in [5.74, 6) is -0.556. The van der Waals surface area contributed by atoms with Crippen molar-refractivity contribution in [3.63, 3.8) is 0 Å². The fraction of sp³-hybridized carbons (Fsp3) is 0.500. The number of amides is 2. The van der Waals surface area contributed by atoms with Gasteiger partial charge in [0.05, 0.1) is 6.54 Å². The molecule has 0 aliphatic heterocycles. The van der Waals surface area contributed by atoms with E-state index in [0.717, 1.165) is 11.0 Å². The molecule has 0 aromatic heterocycles. The zero-order valence-electron chi connectivity index (χ0n) is 8.02. The van der Waals surface area contributed by atoms with Crippen molar-refractivity contribution in [3.8, 4) is 0 Å². The molecule has 6 nitrogen and oxygen atoms in total. The molecule has 6 heteroatoms. The van der Waals surface area contributed by atoms with Gasteiger partial charge in [-0.05, 0) is 0 Å². The Morgan fingerprint density at radius 3 is 2.71 bits per heavy atom. The van der Waals surface area contributed by atoms with Gasteiger partial charge < -0.3 is 15.2 Å². The molecule has 0 fully saturated rings. The van der Waals surface area contributed by atoms with Crippen molar-refractivity contribution in [1.29, 1.82) is 0 Å². The van der Waals surface area contributed by atoms with Crippen molar-refractivity contribution in [2.24, 2.45) is 0 Å². The Bertz CT molecular complexity index is 217. The lowest BCUT2D eigenvalue weighted by atomic mass is 10.6. The maximum Gasteiger partial charge on any atom is 0.330 e. The predicted octanol–water partition coefficient (Wildman–Crippen LogP) is -0.693. The maximum atomic E-state index is 11.0. The fourth-order valence-electron chi connectivity index (χ4n) is 0.710. The molecule has 2 amide bonds. The van der Waals surface area contributed by atoms with Crippen molar-refractivity contribution in [2.75, 3.05) is 26.9 Å². The average Bonchev–Trinajstić information content (AvgIpc) is 2.22. The lowest BCUT2D eigenvalue weighted by Crippen LogP contribution is -2.40. The number of nitrogens with one attached hydrogen (secondary N) is 1. The molecule has 0 spiro atoms. The molecule has 0 saturated heterocycles. The number of aliphatic hydroxyl groups excluding tert-OH is 1. The van der Waals surface area contributed by atoms with Crippen LogP contribution in [0.4, 0.5) is 4.79 Å². The fourth-order valence-corrected chi connectivity index (χ4v) is 0.710. The van der Waals surface area contributed by atoms with Gasteiger partial charge in [0.1, 0.15) is 13.3 Å². The lowest BCUT2D eigenvalue weighted by molar-refractivity contribution is -0.138. The van der Waals surface area contributed by atoms with Gasteiger partial charge >= 0.3 is 12.0 Å². The number of carbonyl (C=O) groups excluding carboxylic acids is 2. The average molecular weight is 202 g/mol. The number of ether oxygens (including phenoxy) is 1. The Morgan fingerprint density at radius 1 is 1.64 bits per heavy atom. The number of esters is 1. The second kappa shape index (κ2) is 6.90. The summed E-state index contributed by atoms with van der Waals surface area (Å²) in [5, 5.41) is 11.1. The maximum absolute atomic E-state index is 11.0. The Hall–Kier alpha value is -1.56. The molecule has 80 valence electrons. The largest absolute Gasteiger partial charge is 0.461 e. The van der Waals surface area contributed by atoms with Gasteiger partial charge in [-0.2, -0.15) is 0 Å². The van der Waals surface area contributed by atoms with E-state index in [-0.39, 0.29) is 13.2 Å². The summed E-state index contributed by atoms with van der Waals surface area (Å²) in [4.78, 5) is 22.7. The highest BCUT2D eigenvalue weighted by atomic mass is 16.5. The van der Waals surface area contributed by atoms with Gasteiger partial charge in [-0.3, -0.25) is 4.90 Å². The summed E-state index contributed by atoms with van der Waals surface area (Å²) in [5.41, 5.74) is 0. The van der Waals surface area contributed by atoms with Crippen LogP contribution in [0.25, 0.3) is 0 Å². The van der Waals surface area contributed by atoms with E-state index in [1.54, 1.807) is 0 Å². The van der Waals surface area contributed by atoms with Crippen LogP contribution in [0.5, 0.6) is 0 Å². The Balaban J connectivity index is 3.78. The van der Waals surface area contributed by atoms with Gasteiger partial charge in [0.2, 0.25) is 0 Å². The van der Waals surface area contributed by atoms with Gasteiger partial charge in [0.15, 0.2) is 0 Å². The van der Waals surface area contributed by atoms with Crippen LogP contribution in [0.1, 0.15) is 0 Å². The number of nitrogens with zero attached hydrogens (tertiary/aromatic N) is 1. The molecule has 0 unspecified atom stereocenters. The molecule has 0 radical (unpaired) electrons. The molecular formula is C8H14N2O4. The smallest absolute Gasteiger partial charge is 0.330 e. The molecule has 2 N–H and O–H groups in total. The molecule has 0 aliphatic rings. The van der Waals surface area contributed by atoms with Crippen LogP contribution in [0, 0.1) is 0 Å². The van der Waals surface area contributed by atoms with Crippen LogP contribution in [-0.4, -0.2) is 48.9 Å². The Labute approximate surface area is 82.1 Å². The predicted molar refractivity (Wildman–Crippen MR) is 49.4 cm³/mol. The van der Waals surface area contributed by atoms with Crippen molar-refractivity contribution >= 4 is 12.0 Å². The lowest BCUT2D eigenvalue weighted by Gasteiger charge is -2.18. The van der Waals surface area contributed by atoms with Gasteiger partial charge in [-0.1, -0.05) is 6.58 Å². The minimum absolute atomic E-state index is 0.0266. The van der Waals surface area contributed by atoms with Gasteiger partial charge in [0, 0.05) is 13.1 Å². The normalized spacial score (nSPS) is 9.00. The van der Waals surface area contributed by atoms with Crippen LogP contribution in [-0.2, 0) is 9.53 Å². The summed E-state index contributed by atoms with van der Waals surface area (Å²) < 4.78 is 4.63. The van der Waals surface area contributed by atoms with Crippen LogP contribution in [0.2, 0.25) is 0 Å². The second-order valence-corrected chi connectivity index (χ2v) is 2.33. The van der Waals surface area contributed by atoms with Gasteiger partial charge in [0.25, 0.3) is 0 Å². The van der Waals surface area contributed by atoms with E-state index in [0.29, 0.717) is 0 Å². The number of hydrogen-bond donors (Lipinski definition) is 2. The SMILES string of the molecule is C=CC(=O)OCCN(CO)C(=O)NC. The van der Waals surface area contributed by atoms with Crippen LogP contribution >= 0.6 is 0 Å². The molecule has 0 bridgehead atoms. The molecular weight excluding hydrogens is 188 g/mol. The Kier molecular flexibility index (Phi) is 6.13. The van der Waals surface area contributed by atoms with Crippen molar-refractivity contribution in [3.05, 3.63) is 12.7 Å². The van der Waals surface area contributed by atoms with E-state index in [2.05, 4.69) is 16.6 Å². The summed E-state index contributed by atoms with van der Waals surface area (Å²) >= 11 is 0. The van der Waals surface area contributed by atoms with Gasteiger partial charge in [-0.25, -0.2) is 9.59 Å². The number of carbonyl (C=O) groups is 2. The summed E-state index contributed by atoms with van der Waals surface area (Å²) in [6, 6.07) is -0.429. The quantitative estimate of drug-likeness (QED) is 0.351. The highest BCUT2D eigenvalue weighted by molar-refractivity contribution is 5.81. The van der Waals surface area contributed by atoms with E-state index < -0.39 is 18.7 Å². The van der Waals surface area contributed by atoms with Crippen molar-refractivity contribution in [1.82, 2.24) is 10.2 Å². The highest BCUT2D eigenvalue weighted by Crippen LogP contribution is 1.88. The summed E-state index contributed by atoms with van der Waals surface area (Å²) in [6.45, 7) is 2.95. The first kappa shape index (κ1) is 12.4. The van der Waals surface area contributed by atoms with Crippen LogP contribution in [0.3, 0.4) is 0 Å².